The highest BCUT2D eigenvalue weighted by Gasteiger charge is 2.50. The van der Waals surface area contributed by atoms with Crippen molar-refractivity contribution in [1.82, 2.24) is 4.90 Å². The van der Waals surface area contributed by atoms with Crippen molar-refractivity contribution < 1.29 is 24.2 Å². The summed E-state index contributed by atoms with van der Waals surface area (Å²) >= 11 is 0. The van der Waals surface area contributed by atoms with Crippen molar-refractivity contribution in [1.29, 1.82) is 0 Å². The number of hydrogen-bond donors (Lipinski definition) is 1. The number of aliphatic hydroxyl groups is 1. The van der Waals surface area contributed by atoms with Crippen molar-refractivity contribution in [3.8, 4) is 0 Å². The van der Waals surface area contributed by atoms with E-state index < -0.39 is 17.4 Å². The molecular weight excluding hydrogens is 370 g/mol. The summed E-state index contributed by atoms with van der Waals surface area (Å²) in [6, 6.07) is 0. The molecule has 1 fully saturated rings. The summed E-state index contributed by atoms with van der Waals surface area (Å²) in [5, 5.41) is 9.57. The molecule has 0 spiro atoms. The van der Waals surface area contributed by atoms with E-state index in [1.807, 2.05) is 32.1 Å². The van der Waals surface area contributed by atoms with Gasteiger partial charge in [0.15, 0.2) is 0 Å². The van der Waals surface area contributed by atoms with E-state index in [1.54, 1.807) is 24.0 Å². The maximum Gasteiger partial charge on any atom is 0.414 e. The van der Waals surface area contributed by atoms with Gasteiger partial charge in [0.05, 0.1) is 12.5 Å². The second-order valence-electron chi connectivity index (χ2n) is 8.53. The number of aliphatic hydroxyl groups excluding tert-OH is 1. The number of allylic oxidation sites excluding steroid dienone is 7. The number of ether oxygens (including phenoxy) is 2. The zero-order chi connectivity index (χ0) is 21.0. The summed E-state index contributed by atoms with van der Waals surface area (Å²) in [5.41, 5.74) is -0.423. The Morgan fingerprint density at radius 3 is 2.79 bits per heavy atom. The summed E-state index contributed by atoms with van der Waals surface area (Å²) < 4.78 is 11.0. The Bertz CT molecular complexity index is 765. The summed E-state index contributed by atoms with van der Waals surface area (Å²) in [7, 11) is 0. The van der Waals surface area contributed by atoms with Gasteiger partial charge < -0.3 is 19.5 Å². The lowest BCUT2D eigenvalue weighted by molar-refractivity contribution is -0.151. The van der Waals surface area contributed by atoms with E-state index in [0.29, 0.717) is 31.9 Å². The molecule has 6 nitrogen and oxygen atoms in total. The molecule has 1 amide bonds. The first-order chi connectivity index (χ1) is 13.8. The van der Waals surface area contributed by atoms with Crippen molar-refractivity contribution >= 4 is 12.1 Å². The topological polar surface area (TPSA) is 76.1 Å². The third-order valence-electron chi connectivity index (χ3n) is 6.10. The monoisotopic (exact) mass is 401 g/mol. The number of esters is 1. The highest BCUT2D eigenvalue weighted by molar-refractivity contribution is 5.77. The van der Waals surface area contributed by atoms with E-state index in [0.717, 1.165) is 12.8 Å². The van der Waals surface area contributed by atoms with Crippen molar-refractivity contribution in [3.63, 3.8) is 0 Å². The van der Waals surface area contributed by atoms with E-state index in [-0.39, 0.29) is 23.6 Å². The van der Waals surface area contributed by atoms with Crippen molar-refractivity contribution in [3.05, 3.63) is 48.0 Å². The van der Waals surface area contributed by atoms with Crippen LogP contribution in [0.15, 0.2) is 48.0 Å². The molecule has 0 radical (unpaired) electrons. The van der Waals surface area contributed by atoms with Crippen LogP contribution in [0.2, 0.25) is 0 Å². The summed E-state index contributed by atoms with van der Waals surface area (Å²) in [4.78, 5) is 27.1. The molecule has 3 unspecified atom stereocenters. The number of rotatable bonds is 5. The van der Waals surface area contributed by atoms with Crippen LogP contribution in [0.4, 0.5) is 4.79 Å². The zero-order valence-electron chi connectivity index (χ0n) is 17.5. The van der Waals surface area contributed by atoms with Crippen molar-refractivity contribution in [2.75, 3.05) is 19.7 Å². The molecule has 4 atom stereocenters. The van der Waals surface area contributed by atoms with Crippen LogP contribution in [-0.2, 0) is 14.3 Å². The minimum atomic E-state index is -0.423. The highest BCUT2D eigenvalue weighted by Crippen LogP contribution is 2.44. The smallest absolute Gasteiger partial charge is 0.414 e. The first kappa shape index (κ1) is 21.2. The Hall–Kier alpha value is -2.50. The van der Waals surface area contributed by atoms with Crippen molar-refractivity contribution in [2.24, 2.45) is 23.2 Å². The fourth-order valence-corrected chi connectivity index (χ4v) is 4.43. The first-order valence-corrected chi connectivity index (χ1v) is 10.4. The third-order valence-corrected chi connectivity index (χ3v) is 6.10. The molecule has 0 aromatic rings. The van der Waals surface area contributed by atoms with Gasteiger partial charge in [-0.2, -0.15) is 0 Å². The maximum atomic E-state index is 12.8. The second-order valence-corrected chi connectivity index (χ2v) is 8.53. The fraction of sp³-hybridized carbons (Fsp3) is 0.565. The molecule has 158 valence electrons. The minimum absolute atomic E-state index is 0.158. The predicted molar refractivity (Wildman–Crippen MR) is 110 cm³/mol. The number of likely N-dealkylation sites (tertiary alicyclic amines) is 1. The number of carbonyl (C=O) groups excluding carboxylic acids is 2. The van der Waals surface area contributed by atoms with Gasteiger partial charge in [-0.1, -0.05) is 32.1 Å². The summed E-state index contributed by atoms with van der Waals surface area (Å²) in [6.07, 6.45) is 13.1. The van der Waals surface area contributed by atoms with E-state index >= 15 is 0 Å². The van der Waals surface area contributed by atoms with Gasteiger partial charge in [0.25, 0.3) is 0 Å². The van der Waals surface area contributed by atoms with Gasteiger partial charge in [0, 0.05) is 24.4 Å². The largest absolute Gasteiger partial charge is 0.508 e. The molecule has 1 saturated heterocycles. The van der Waals surface area contributed by atoms with Crippen LogP contribution < -0.4 is 0 Å². The molecule has 6 heteroatoms. The summed E-state index contributed by atoms with van der Waals surface area (Å²) in [5.74, 6) is 0.626. The van der Waals surface area contributed by atoms with E-state index in [1.165, 1.54) is 0 Å². The molecule has 2 aliphatic carbocycles. The standard InChI is InChI=1S/C23H31NO5/c1-4-28-21(26)19-14-24(22(27)29-20-8-6-5-7-16(20)2)15-23(19,3)13-17-9-11-18(25)12-10-17/h5-6,8-9,11-12,16-17,19,25H,4,7,10,13-15H2,1-3H3/t16?,17?,19-,23?/m1/s1. The van der Waals surface area contributed by atoms with Crippen LogP contribution in [0.25, 0.3) is 0 Å². The van der Waals surface area contributed by atoms with Gasteiger partial charge in [0.1, 0.15) is 11.5 Å². The van der Waals surface area contributed by atoms with Gasteiger partial charge in [0.2, 0.25) is 0 Å². The van der Waals surface area contributed by atoms with E-state index in [4.69, 9.17) is 9.47 Å². The first-order valence-electron chi connectivity index (χ1n) is 10.4. The van der Waals surface area contributed by atoms with Crippen molar-refractivity contribution in [2.45, 2.75) is 40.0 Å². The Morgan fingerprint density at radius 1 is 1.34 bits per heavy atom. The number of amides is 1. The van der Waals surface area contributed by atoms with E-state index in [2.05, 4.69) is 6.08 Å². The molecule has 1 aliphatic heterocycles. The molecule has 1 heterocycles. The molecule has 0 aromatic carbocycles. The van der Waals surface area contributed by atoms with E-state index in [9.17, 15) is 14.7 Å². The number of carbonyl (C=O) groups is 2. The van der Waals surface area contributed by atoms with Gasteiger partial charge in [-0.3, -0.25) is 4.79 Å². The lowest BCUT2D eigenvalue weighted by Crippen LogP contribution is -2.35. The highest BCUT2D eigenvalue weighted by atomic mass is 16.6. The molecule has 3 rings (SSSR count). The van der Waals surface area contributed by atoms with Gasteiger partial charge in [-0.25, -0.2) is 4.79 Å². The third kappa shape index (κ3) is 4.92. The zero-order valence-corrected chi connectivity index (χ0v) is 17.5. The minimum Gasteiger partial charge on any atom is -0.508 e. The average Bonchev–Trinajstić information content (AvgIpc) is 3.03. The van der Waals surface area contributed by atoms with Gasteiger partial charge in [-0.05, 0) is 50.3 Å². The quantitative estimate of drug-likeness (QED) is 0.686. The lowest BCUT2D eigenvalue weighted by Gasteiger charge is -2.32. The van der Waals surface area contributed by atoms with Crippen LogP contribution in [-0.4, -0.2) is 41.8 Å². The van der Waals surface area contributed by atoms with Gasteiger partial charge in [-0.15, -0.1) is 0 Å². The van der Waals surface area contributed by atoms with Crippen LogP contribution in [0.5, 0.6) is 0 Å². The SMILES string of the molecule is CCOC(=O)[C@H]1CN(C(=O)OC2=CC=CCC2C)CC1(C)CC1C=CC(O)=CC1. The second kappa shape index (κ2) is 8.89. The van der Waals surface area contributed by atoms with Crippen LogP contribution in [0.3, 0.4) is 0 Å². The number of nitrogens with zero attached hydrogens (tertiary/aromatic N) is 1. The molecule has 1 N–H and O–H groups in total. The molecule has 0 bridgehead atoms. The molecule has 0 aromatic heterocycles. The Labute approximate surface area is 172 Å². The normalized spacial score (nSPS) is 31.3. The van der Waals surface area contributed by atoms with Crippen LogP contribution in [0, 0.1) is 23.2 Å². The van der Waals surface area contributed by atoms with Crippen LogP contribution in [0.1, 0.15) is 40.0 Å². The fourth-order valence-electron chi connectivity index (χ4n) is 4.43. The Kier molecular flexibility index (Phi) is 6.50. The average molecular weight is 402 g/mol. The number of hydrogen-bond acceptors (Lipinski definition) is 5. The Morgan fingerprint density at radius 2 is 2.14 bits per heavy atom. The summed E-state index contributed by atoms with van der Waals surface area (Å²) in [6.45, 7) is 6.90. The predicted octanol–water partition coefficient (Wildman–Crippen LogP) is 4.51. The van der Waals surface area contributed by atoms with Crippen LogP contribution >= 0.6 is 0 Å². The molecule has 3 aliphatic rings. The Balaban J connectivity index is 1.73. The molecule has 29 heavy (non-hydrogen) atoms. The molecule has 0 saturated carbocycles. The lowest BCUT2D eigenvalue weighted by atomic mass is 9.72. The van der Waals surface area contributed by atoms with Gasteiger partial charge >= 0.3 is 12.1 Å². The molecular formula is C23H31NO5. The maximum absolute atomic E-state index is 12.8.